The maximum absolute atomic E-state index is 12.8. The van der Waals surface area contributed by atoms with E-state index in [0.717, 1.165) is 35.4 Å². The second kappa shape index (κ2) is 8.88. The normalized spacial score (nSPS) is 25.9. The van der Waals surface area contributed by atoms with Gasteiger partial charge in [-0.15, -0.1) is 0 Å². The summed E-state index contributed by atoms with van der Waals surface area (Å²) in [6.45, 7) is 0.311. The lowest BCUT2D eigenvalue weighted by atomic mass is 9.85. The molecule has 2 aromatic rings. The average molecular weight is 693 g/mol. The van der Waals surface area contributed by atoms with Crippen LogP contribution in [-0.4, -0.2) is 23.0 Å². The zero-order valence-electron chi connectivity index (χ0n) is 16.5. The molecule has 0 radical (unpaired) electrons. The van der Waals surface area contributed by atoms with Gasteiger partial charge in [-0.2, -0.15) is 10.1 Å². The molecule has 9 heteroatoms. The molecule has 1 heterocycles. The van der Waals surface area contributed by atoms with E-state index in [4.69, 9.17) is 27.9 Å². The highest BCUT2D eigenvalue weighted by Gasteiger charge is 2.59. The molecular formula is C23H16Cl2I2N2O3. The van der Waals surface area contributed by atoms with Gasteiger partial charge in [0.25, 0.3) is 11.8 Å². The lowest BCUT2D eigenvalue weighted by molar-refractivity contribution is -0.140. The van der Waals surface area contributed by atoms with Crippen molar-refractivity contribution in [2.45, 2.75) is 13.0 Å². The van der Waals surface area contributed by atoms with Crippen molar-refractivity contribution in [2.24, 2.45) is 28.8 Å². The van der Waals surface area contributed by atoms with E-state index in [0.29, 0.717) is 16.7 Å². The summed E-state index contributed by atoms with van der Waals surface area (Å²) in [7, 11) is 0. The fourth-order valence-corrected chi connectivity index (χ4v) is 7.30. The molecule has 0 unspecified atom stereocenters. The highest BCUT2D eigenvalue weighted by Crippen LogP contribution is 2.52. The number of nitrogens with zero attached hydrogens (tertiary/aromatic N) is 2. The van der Waals surface area contributed by atoms with Crippen LogP contribution in [0.15, 0.2) is 47.6 Å². The number of carbonyl (C=O) groups is 2. The zero-order valence-corrected chi connectivity index (χ0v) is 22.3. The molecule has 5 rings (SSSR count). The summed E-state index contributed by atoms with van der Waals surface area (Å²) in [4.78, 5) is 25.6. The Labute approximate surface area is 222 Å². The van der Waals surface area contributed by atoms with Gasteiger partial charge in [0.05, 0.1) is 25.2 Å². The summed E-state index contributed by atoms with van der Waals surface area (Å²) >= 11 is 16.6. The smallest absolute Gasteiger partial charge is 0.254 e. The molecule has 2 bridgehead atoms. The van der Waals surface area contributed by atoms with Crippen LogP contribution in [0.3, 0.4) is 0 Å². The monoisotopic (exact) mass is 692 g/mol. The number of hydrogen-bond acceptors (Lipinski definition) is 4. The van der Waals surface area contributed by atoms with Gasteiger partial charge < -0.3 is 4.74 Å². The predicted octanol–water partition coefficient (Wildman–Crippen LogP) is 5.92. The number of allylic oxidation sites excluding steroid dienone is 2. The van der Waals surface area contributed by atoms with Gasteiger partial charge in [0, 0.05) is 15.6 Å². The number of imide groups is 1. The number of ether oxygens (including phenoxy) is 1. The maximum Gasteiger partial charge on any atom is 0.254 e. The molecule has 0 N–H and O–H groups in total. The molecular weight excluding hydrogens is 677 g/mol. The molecule has 5 nitrogen and oxygen atoms in total. The lowest BCUT2D eigenvalue weighted by Crippen LogP contribution is -2.28. The van der Waals surface area contributed by atoms with Gasteiger partial charge in [0.2, 0.25) is 0 Å². The molecule has 0 aromatic heterocycles. The third-order valence-corrected chi connectivity index (χ3v) is 8.37. The van der Waals surface area contributed by atoms with Crippen molar-refractivity contribution in [3.8, 4) is 5.75 Å². The molecule has 2 aliphatic carbocycles. The van der Waals surface area contributed by atoms with Crippen molar-refractivity contribution in [3.05, 3.63) is 70.8 Å². The Morgan fingerprint density at radius 2 is 1.66 bits per heavy atom. The molecule has 2 fully saturated rings. The zero-order chi connectivity index (χ0) is 22.6. The first-order valence-corrected chi connectivity index (χ1v) is 12.9. The van der Waals surface area contributed by atoms with Crippen molar-refractivity contribution in [2.75, 3.05) is 0 Å². The van der Waals surface area contributed by atoms with Crippen LogP contribution < -0.4 is 4.74 Å². The first-order valence-electron chi connectivity index (χ1n) is 9.99. The second-order valence-electron chi connectivity index (χ2n) is 8.07. The molecule has 1 saturated carbocycles. The Hall–Kier alpha value is -1.17. The van der Waals surface area contributed by atoms with Crippen molar-refractivity contribution in [3.63, 3.8) is 0 Å². The largest absolute Gasteiger partial charge is 0.487 e. The number of fused-ring (bicyclic) bond motifs is 5. The van der Waals surface area contributed by atoms with Gasteiger partial charge >= 0.3 is 0 Å². The third kappa shape index (κ3) is 3.99. The minimum Gasteiger partial charge on any atom is -0.487 e. The van der Waals surface area contributed by atoms with Crippen LogP contribution >= 0.6 is 68.4 Å². The van der Waals surface area contributed by atoms with Gasteiger partial charge in [-0.05, 0) is 93.3 Å². The van der Waals surface area contributed by atoms with Crippen LogP contribution in [0.5, 0.6) is 5.75 Å². The standard InChI is InChI=1S/C23H16Cl2I2N2O3/c24-15-4-3-14(16(25)8-15)10-32-21-17(26)5-11(6-18(21)27)9-28-29-22(30)19-12-1-2-13(7-12)20(19)23(29)31/h1-6,8-9,12-13,19-20H,7,10H2/b28-9-/t12-,13-,19+,20+/m0/s1. The van der Waals surface area contributed by atoms with Gasteiger partial charge in [0.1, 0.15) is 12.4 Å². The number of halogens is 4. The number of hydrazone groups is 1. The fourth-order valence-electron chi connectivity index (χ4n) is 4.71. The van der Waals surface area contributed by atoms with Crippen molar-refractivity contribution in [1.82, 2.24) is 5.01 Å². The Morgan fingerprint density at radius 1 is 1.03 bits per heavy atom. The molecule has 3 aliphatic rings. The highest BCUT2D eigenvalue weighted by atomic mass is 127. The van der Waals surface area contributed by atoms with Crippen LogP contribution in [0, 0.1) is 30.8 Å². The number of carbonyl (C=O) groups excluding carboxylic acids is 2. The summed E-state index contributed by atoms with van der Waals surface area (Å²) < 4.78 is 7.79. The van der Waals surface area contributed by atoms with Crippen molar-refractivity contribution >= 4 is 86.4 Å². The SMILES string of the molecule is O=C1[C@H]2[C@H](C(=O)N1/N=C\c1cc(I)c(OCc3ccc(Cl)cc3Cl)c(I)c1)[C@H]1C=C[C@H]2C1. The Balaban J connectivity index is 1.31. The van der Waals surface area contributed by atoms with Crippen molar-refractivity contribution < 1.29 is 14.3 Å². The fraction of sp³-hybridized carbons (Fsp3) is 0.261. The van der Waals surface area contributed by atoms with Crippen LogP contribution in [0.2, 0.25) is 10.0 Å². The summed E-state index contributed by atoms with van der Waals surface area (Å²) in [5, 5.41) is 6.46. The van der Waals surface area contributed by atoms with Crippen molar-refractivity contribution in [1.29, 1.82) is 0 Å². The number of benzene rings is 2. The van der Waals surface area contributed by atoms with Crippen LogP contribution in [0.25, 0.3) is 0 Å². The Kier molecular flexibility index (Phi) is 6.28. The molecule has 0 spiro atoms. The van der Waals surface area contributed by atoms with E-state index in [-0.39, 0.29) is 35.5 Å². The van der Waals surface area contributed by atoms with Gasteiger partial charge in [-0.1, -0.05) is 41.4 Å². The summed E-state index contributed by atoms with van der Waals surface area (Å²) in [5.74, 6) is 0.230. The van der Waals surface area contributed by atoms with E-state index in [1.165, 1.54) is 0 Å². The molecule has 164 valence electrons. The number of hydrogen-bond donors (Lipinski definition) is 0. The quantitative estimate of drug-likeness (QED) is 0.169. The van der Waals surface area contributed by atoms with E-state index in [1.54, 1.807) is 18.3 Å². The number of rotatable bonds is 5. The van der Waals surface area contributed by atoms with Crippen LogP contribution in [0.1, 0.15) is 17.5 Å². The first kappa shape index (κ1) is 22.6. The van der Waals surface area contributed by atoms with E-state index in [9.17, 15) is 9.59 Å². The maximum atomic E-state index is 12.8. The predicted molar refractivity (Wildman–Crippen MR) is 140 cm³/mol. The van der Waals surface area contributed by atoms with E-state index >= 15 is 0 Å². The summed E-state index contributed by atoms with van der Waals surface area (Å²) in [6, 6.07) is 9.11. The van der Waals surface area contributed by atoms with E-state index in [1.807, 2.05) is 18.2 Å². The summed E-state index contributed by atoms with van der Waals surface area (Å²) in [5.41, 5.74) is 1.63. The molecule has 4 atom stereocenters. The molecule has 32 heavy (non-hydrogen) atoms. The minimum atomic E-state index is -0.245. The second-order valence-corrected chi connectivity index (χ2v) is 11.2. The Bertz CT molecular complexity index is 1150. The number of amides is 2. The molecule has 2 amide bonds. The van der Waals surface area contributed by atoms with Gasteiger partial charge in [-0.3, -0.25) is 9.59 Å². The lowest BCUT2D eigenvalue weighted by Gasteiger charge is -2.13. The van der Waals surface area contributed by atoms with Crippen LogP contribution in [-0.2, 0) is 16.2 Å². The summed E-state index contributed by atoms with van der Waals surface area (Å²) in [6.07, 6.45) is 6.62. The van der Waals surface area contributed by atoms with Crippen LogP contribution in [0.4, 0.5) is 0 Å². The van der Waals surface area contributed by atoms with Gasteiger partial charge in [-0.25, -0.2) is 0 Å². The molecule has 1 aliphatic heterocycles. The average Bonchev–Trinajstić information content (AvgIpc) is 3.42. The van der Waals surface area contributed by atoms with E-state index in [2.05, 4.69) is 62.4 Å². The molecule has 1 saturated heterocycles. The first-order chi connectivity index (χ1) is 15.3. The molecule has 2 aromatic carbocycles. The Morgan fingerprint density at radius 3 is 2.25 bits per heavy atom. The van der Waals surface area contributed by atoms with Gasteiger partial charge in [0.15, 0.2) is 0 Å². The third-order valence-electron chi connectivity index (χ3n) is 6.18. The van der Waals surface area contributed by atoms with E-state index < -0.39 is 0 Å². The minimum absolute atomic E-state index is 0.175. The highest BCUT2D eigenvalue weighted by molar-refractivity contribution is 14.1. The topological polar surface area (TPSA) is 59.0 Å².